The Morgan fingerprint density at radius 1 is 1.05 bits per heavy atom. The molecule has 0 aliphatic rings. The standard InChI is InChI=1S/C17H21NO/c1-4-16(14-7-5-12(2)6-8-14)18-17-10-9-15(19)11-13(17)3/h5-11,16,18-19H,4H2,1-3H3. The van der Waals surface area contributed by atoms with Crippen molar-refractivity contribution >= 4 is 5.69 Å². The molecule has 2 aromatic rings. The molecular weight excluding hydrogens is 234 g/mol. The first kappa shape index (κ1) is 13.5. The Kier molecular flexibility index (Phi) is 4.10. The molecule has 0 bridgehead atoms. The molecule has 0 saturated heterocycles. The summed E-state index contributed by atoms with van der Waals surface area (Å²) in [6.45, 7) is 6.28. The third kappa shape index (κ3) is 3.28. The summed E-state index contributed by atoms with van der Waals surface area (Å²) in [5.41, 5.74) is 4.70. The van der Waals surface area contributed by atoms with E-state index in [2.05, 4.69) is 43.4 Å². The smallest absolute Gasteiger partial charge is 0.115 e. The minimum atomic E-state index is 0.295. The molecule has 0 spiro atoms. The van der Waals surface area contributed by atoms with Crippen LogP contribution in [-0.2, 0) is 0 Å². The van der Waals surface area contributed by atoms with Crippen LogP contribution in [0.4, 0.5) is 5.69 Å². The monoisotopic (exact) mass is 255 g/mol. The molecule has 100 valence electrons. The number of aromatic hydroxyl groups is 1. The van der Waals surface area contributed by atoms with Gasteiger partial charge in [-0.05, 0) is 49.6 Å². The van der Waals surface area contributed by atoms with Gasteiger partial charge in [0.05, 0.1) is 6.04 Å². The summed E-state index contributed by atoms with van der Waals surface area (Å²) in [6, 6.07) is 14.4. The average molecular weight is 255 g/mol. The maximum atomic E-state index is 9.45. The number of nitrogens with one attached hydrogen (secondary N) is 1. The highest BCUT2D eigenvalue weighted by Crippen LogP contribution is 2.27. The third-order valence-corrected chi connectivity index (χ3v) is 3.43. The summed E-state index contributed by atoms with van der Waals surface area (Å²) >= 11 is 0. The number of rotatable bonds is 4. The van der Waals surface area contributed by atoms with Crippen molar-refractivity contribution in [3.05, 3.63) is 59.2 Å². The lowest BCUT2D eigenvalue weighted by molar-refractivity contribution is 0.475. The fourth-order valence-electron chi connectivity index (χ4n) is 2.22. The summed E-state index contributed by atoms with van der Waals surface area (Å²) in [5.74, 6) is 0.312. The van der Waals surface area contributed by atoms with Crippen molar-refractivity contribution in [3.63, 3.8) is 0 Å². The van der Waals surface area contributed by atoms with Crippen LogP contribution in [0.25, 0.3) is 0 Å². The summed E-state index contributed by atoms with van der Waals surface area (Å²) in [5, 5.41) is 13.0. The van der Waals surface area contributed by atoms with Gasteiger partial charge in [-0.2, -0.15) is 0 Å². The fourth-order valence-corrected chi connectivity index (χ4v) is 2.22. The highest BCUT2D eigenvalue weighted by molar-refractivity contribution is 5.54. The highest BCUT2D eigenvalue weighted by Gasteiger charge is 2.10. The van der Waals surface area contributed by atoms with Gasteiger partial charge in [0.2, 0.25) is 0 Å². The van der Waals surface area contributed by atoms with Gasteiger partial charge in [0.15, 0.2) is 0 Å². The van der Waals surface area contributed by atoms with Crippen molar-refractivity contribution in [1.82, 2.24) is 0 Å². The van der Waals surface area contributed by atoms with Gasteiger partial charge in [0, 0.05) is 5.69 Å². The van der Waals surface area contributed by atoms with Gasteiger partial charge in [0.1, 0.15) is 5.75 Å². The Bertz CT molecular complexity index is 546. The van der Waals surface area contributed by atoms with Crippen molar-refractivity contribution in [1.29, 1.82) is 0 Å². The van der Waals surface area contributed by atoms with Crippen molar-refractivity contribution < 1.29 is 5.11 Å². The van der Waals surface area contributed by atoms with Gasteiger partial charge < -0.3 is 10.4 Å². The van der Waals surface area contributed by atoms with Crippen molar-refractivity contribution in [2.75, 3.05) is 5.32 Å². The lowest BCUT2D eigenvalue weighted by Crippen LogP contribution is -2.10. The van der Waals surface area contributed by atoms with Gasteiger partial charge in [-0.1, -0.05) is 36.8 Å². The van der Waals surface area contributed by atoms with Crippen LogP contribution in [0.1, 0.15) is 36.1 Å². The number of phenolic OH excluding ortho intramolecular Hbond substituents is 1. The Labute approximate surface area is 115 Å². The first-order chi connectivity index (χ1) is 9.10. The minimum absolute atomic E-state index is 0.295. The molecule has 0 saturated carbocycles. The van der Waals surface area contributed by atoms with Crippen LogP contribution in [0.15, 0.2) is 42.5 Å². The Morgan fingerprint density at radius 2 is 1.74 bits per heavy atom. The summed E-state index contributed by atoms with van der Waals surface area (Å²) in [4.78, 5) is 0. The third-order valence-electron chi connectivity index (χ3n) is 3.43. The predicted molar refractivity (Wildman–Crippen MR) is 80.7 cm³/mol. The van der Waals surface area contributed by atoms with Crippen LogP contribution >= 0.6 is 0 Å². The van der Waals surface area contributed by atoms with Gasteiger partial charge in [0.25, 0.3) is 0 Å². The number of hydrogen-bond donors (Lipinski definition) is 2. The Hall–Kier alpha value is -1.96. The molecule has 0 aromatic heterocycles. The van der Waals surface area contributed by atoms with E-state index in [1.165, 1.54) is 11.1 Å². The zero-order valence-corrected chi connectivity index (χ0v) is 11.8. The number of hydrogen-bond acceptors (Lipinski definition) is 2. The van der Waals surface area contributed by atoms with Gasteiger partial charge in [-0.25, -0.2) is 0 Å². The number of aryl methyl sites for hydroxylation is 2. The Morgan fingerprint density at radius 3 is 2.32 bits per heavy atom. The van der Waals surface area contributed by atoms with Crippen molar-refractivity contribution in [2.24, 2.45) is 0 Å². The lowest BCUT2D eigenvalue weighted by Gasteiger charge is -2.20. The average Bonchev–Trinajstić information content (AvgIpc) is 2.39. The topological polar surface area (TPSA) is 32.3 Å². The fraction of sp³-hybridized carbons (Fsp3) is 0.294. The number of anilines is 1. The summed E-state index contributed by atoms with van der Waals surface area (Å²) < 4.78 is 0. The van der Waals surface area contributed by atoms with E-state index in [4.69, 9.17) is 0 Å². The molecule has 0 aliphatic heterocycles. The largest absolute Gasteiger partial charge is 0.508 e. The van der Waals surface area contributed by atoms with E-state index in [-0.39, 0.29) is 0 Å². The normalized spacial score (nSPS) is 12.2. The van der Waals surface area contributed by atoms with Gasteiger partial charge in [-0.3, -0.25) is 0 Å². The Balaban J connectivity index is 2.21. The number of phenols is 1. The van der Waals surface area contributed by atoms with Crippen LogP contribution in [0.3, 0.4) is 0 Å². The molecule has 2 rings (SSSR count). The van der Waals surface area contributed by atoms with Crippen LogP contribution in [0.2, 0.25) is 0 Å². The molecule has 0 radical (unpaired) electrons. The molecule has 0 heterocycles. The van der Waals surface area contributed by atoms with Crippen LogP contribution in [-0.4, -0.2) is 5.11 Å². The van der Waals surface area contributed by atoms with Crippen molar-refractivity contribution in [2.45, 2.75) is 33.2 Å². The van der Waals surface area contributed by atoms with Crippen LogP contribution < -0.4 is 5.32 Å². The second-order valence-corrected chi connectivity index (χ2v) is 5.02. The highest BCUT2D eigenvalue weighted by atomic mass is 16.3. The van der Waals surface area contributed by atoms with Gasteiger partial charge >= 0.3 is 0 Å². The SMILES string of the molecule is CCC(Nc1ccc(O)cc1C)c1ccc(C)cc1. The van der Waals surface area contributed by atoms with E-state index in [0.29, 0.717) is 11.8 Å². The van der Waals surface area contributed by atoms with Crippen LogP contribution in [0, 0.1) is 13.8 Å². The predicted octanol–water partition coefficient (Wildman–Crippen LogP) is 4.57. The molecule has 1 atom stereocenters. The molecule has 1 unspecified atom stereocenters. The maximum absolute atomic E-state index is 9.45. The van der Waals surface area contributed by atoms with Crippen LogP contribution in [0.5, 0.6) is 5.75 Å². The van der Waals surface area contributed by atoms with E-state index >= 15 is 0 Å². The maximum Gasteiger partial charge on any atom is 0.115 e. The second kappa shape index (κ2) is 5.79. The van der Waals surface area contributed by atoms with E-state index in [1.807, 2.05) is 13.0 Å². The quantitative estimate of drug-likeness (QED) is 0.784. The molecule has 0 amide bonds. The molecule has 2 N–H and O–H groups in total. The van der Waals surface area contributed by atoms with Crippen molar-refractivity contribution in [3.8, 4) is 5.75 Å². The minimum Gasteiger partial charge on any atom is -0.508 e. The summed E-state index contributed by atoms with van der Waals surface area (Å²) in [6.07, 6.45) is 1.02. The molecule has 2 nitrogen and oxygen atoms in total. The van der Waals surface area contributed by atoms with E-state index in [0.717, 1.165) is 17.7 Å². The van der Waals surface area contributed by atoms with E-state index in [9.17, 15) is 5.11 Å². The summed E-state index contributed by atoms with van der Waals surface area (Å²) in [7, 11) is 0. The van der Waals surface area contributed by atoms with Gasteiger partial charge in [-0.15, -0.1) is 0 Å². The molecular formula is C17H21NO. The zero-order valence-electron chi connectivity index (χ0n) is 11.8. The second-order valence-electron chi connectivity index (χ2n) is 5.02. The first-order valence-electron chi connectivity index (χ1n) is 6.73. The lowest BCUT2D eigenvalue weighted by atomic mass is 10.0. The molecule has 2 heteroatoms. The molecule has 2 aromatic carbocycles. The molecule has 19 heavy (non-hydrogen) atoms. The number of benzene rings is 2. The molecule has 0 aliphatic carbocycles. The first-order valence-corrected chi connectivity index (χ1v) is 6.73. The zero-order chi connectivity index (χ0) is 13.8. The van der Waals surface area contributed by atoms with E-state index in [1.54, 1.807) is 12.1 Å². The molecule has 0 fully saturated rings. The van der Waals surface area contributed by atoms with E-state index < -0.39 is 0 Å².